The summed E-state index contributed by atoms with van der Waals surface area (Å²) in [6, 6.07) is 0. The second-order valence-corrected chi connectivity index (χ2v) is 27.9. The van der Waals surface area contributed by atoms with Crippen LogP contribution in [0.15, 0.2) is 12.2 Å². The van der Waals surface area contributed by atoms with Crippen molar-refractivity contribution in [1.29, 1.82) is 0 Å². The van der Waals surface area contributed by atoms with Gasteiger partial charge >= 0.3 is 11.9 Å². The largest absolute Gasteiger partial charge is 0.462 e. The summed E-state index contributed by atoms with van der Waals surface area (Å²) in [6.07, 6.45) is 102. The third-order valence-electron chi connectivity index (χ3n) is 19.1. The quantitative estimate of drug-likeness (QED) is 0.0373. The van der Waals surface area contributed by atoms with Crippen LogP contribution >= 0.6 is 0 Å². The first kappa shape index (κ1) is 84.6. The fourth-order valence-corrected chi connectivity index (χ4v) is 13.0. The molecular weight excluding hydrogens is 1050 g/mol. The van der Waals surface area contributed by atoms with Gasteiger partial charge < -0.3 is 14.6 Å². The van der Waals surface area contributed by atoms with Crippen molar-refractivity contribution in [2.24, 2.45) is 0 Å². The summed E-state index contributed by atoms with van der Waals surface area (Å²) in [4.78, 5) is 24.7. The van der Waals surface area contributed by atoms with Gasteiger partial charge in [0.15, 0.2) is 6.10 Å². The fraction of sp³-hybridized carbons (Fsp3) is 0.951. The number of aliphatic hydroxyl groups is 1. The second kappa shape index (κ2) is 77.9. The van der Waals surface area contributed by atoms with Crippen LogP contribution in [0.3, 0.4) is 0 Å². The van der Waals surface area contributed by atoms with Gasteiger partial charge in [0.05, 0.1) is 6.61 Å². The van der Waals surface area contributed by atoms with E-state index in [0.29, 0.717) is 12.8 Å². The average molecular weight is 1210 g/mol. The molecule has 5 nitrogen and oxygen atoms in total. The number of carbonyl (C=O) groups excluding carboxylic acids is 2. The maximum atomic E-state index is 12.4. The van der Waals surface area contributed by atoms with Crippen molar-refractivity contribution in [2.75, 3.05) is 13.2 Å². The second-order valence-electron chi connectivity index (χ2n) is 27.9. The maximum absolute atomic E-state index is 12.4. The fourth-order valence-electron chi connectivity index (χ4n) is 13.0. The lowest BCUT2D eigenvalue weighted by Crippen LogP contribution is -2.28. The molecule has 1 N–H and O–H groups in total. The highest BCUT2D eigenvalue weighted by molar-refractivity contribution is 5.70. The zero-order valence-corrected chi connectivity index (χ0v) is 59.1. The highest BCUT2D eigenvalue weighted by Gasteiger charge is 2.16. The highest BCUT2D eigenvalue weighted by Crippen LogP contribution is 2.21. The van der Waals surface area contributed by atoms with Crippen LogP contribution in [0.1, 0.15) is 476 Å². The molecule has 0 aliphatic carbocycles. The Balaban J connectivity index is 3.33. The van der Waals surface area contributed by atoms with Gasteiger partial charge in [-0.2, -0.15) is 0 Å². The number of hydrogen-bond acceptors (Lipinski definition) is 5. The zero-order valence-electron chi connectivity index (χ0n) is 59.1. The van der Waals surface area contributed by atoms with E-state index < -0.39 is 6.10 Å². The lowest BCUT2D eigenvalue weighted by molar-refractivity contribution is -0.161. The van der Waals surface area contributed by atoms with Gasteiger partial charge in [-0.05, 0) is 38.5 Å². The van der Waals surface area contributed by atoms with Gasteiger partial charge in [0.2, 0.25) is 0 Å². The number of ether oxygens (including phenoxy) is 2. The van der Waals surface area contributed by atoms with Gasteiger partial charge in [0.1, 0.15) is 6.61 Å². The van der Waals surface area contributed by atoms with Crippen LogP contribution < -0.4 is 0 Å². The van der Waals surface area contributed by atoms with Crippen LogP contribution in [0.5, 0.6) is 0 Å². The van der Waals surface area contributed by atoms with Gasteiger partial charge in [-0.15, -0.1) is 0 Å². The van der Waals surface area contributed by atoms with Crippen LogP contribution in [0.2, 0.25) is 0 Å². The van der Waals surface area contributed by atoms with Crippen LogP contribution in [0.25, 0.3) is 0 Å². The highest BCUT2D eigenvalue weighted by atomic mass is 16.6. The van der Waals surface area contributed by atoms with Crippen LogP contribution in [-0.4, -0.2) is 36.4 Å². The molecular formula is C81H158O5. The first-order valence-electron chi connectivity index (χ1n) is 40.2. The van der Waals surface area contributed by atoms with Gasteiger partial charge in [0.25, 0.3) is 0 Å². The number of rotatable bonds is 77. The molecule has 1 atom stereocenters. The molecule has 0 saturated carbocycles. The summed E-state index contributed by atoms with van der Waals surface area (Å²) < 4.78 is 10.8. The predicted octanol–water partition coefficient (Wildman–Crippen LogP) is 28.1. The van der Waals surface area contributed by atoms with Crippen molar-refractivity contribution in [3.8, 4) is 0 Å². The Morgan fingerprint density at radius 3 is 0.628 bits per heavy atom. The van der Waals surface area contributed by atoms with Crippen LogP contribution in [-0.2, 0) is 19.1 Å². The number of esters is 2. The molecule has 0 heterocycles. The number of unbranched alkanes of at least 4 members (excludes halogenated alkanes) is 67. The first-order valence-corrected chi connectivity index (χ1v) is 40.2. The molecule has 0 bridgehead atoms. The molecule has 1 unspecified atom stereocenters. The number of aliphatic hydroxyl groups excluding tert-OH is 1. The molecule has 0 amide bonds. The Labute approximate surface area is 541 Å². The summed E-state index contributed by atoms with van der Waals surface area (Å²) in [5.74, 6) is -0.558. The number of hydrogen-bond donors (Lipinski definition) is 1. The third kappa shape index (κ3) is 75.1. The van der Waals surface area contributed by atoms with E-state index in [2.05, 4.69) is 26.0 Å². The van der Waals surface area contributed by atoms with E-state index in [9.17, 15) is 14.7 Å². The van der Waals surface area contributed by atoms with E-state index in [1.54, 1.807) is 0 Å². The predicted molar refractivity (Wildman–Crippen MR) is 381 cm³/mol. The minimum atomic E-state index is -0.768. The van der Waals surface area contributed by atoms with Crippen LogP contribution in [0.4, 0.5) is 0 Å². The lowest BCUT2D eigenvalue weighted by Gasteiger charge is -2.15. The van der Waals surface area contributed by atoms with E-state index in [4.69, 9.17) is 9.47 Å². The third-order valence-corrected chi connectivity index (χ3v) is 19.1. The van der Waals surface area contributed by atoms with Crippen molar-refractivity contribution in [3.05, 3.63) is 12.2 Å². The first-order chi connectivity index (χ1) is 42.6. The topological polar surface area (TPSA) is 72.8 Å². The molecule has 0 aliphatic heterocycles. The van der Waals surface area contributed by atoms with Gasteiger partial charge in [-0.25, -0.2) is 0 Å². The molecule has 0 radical (unpaired) electrons. The monoisotopic (exact) mass is 1210 g/mol. The Kier molecular flexibility index (Phi) is 76.7. The van der Waals surface area contributed by atoms with Crippen LogP contribution in [0, 0.1) is 0 Å². The lowest BCUT2D eigenvalue weighted by atomic mass is 10.0. The van der Waals surface area contributed by atoms with Crippen molar-refractivity contribution < 1.29 is 24.2 Å². The SMILES string of the molecule is CCCCCCCCCC/C=C\CCCCCCCCCCCCCCCCCCCCCC(=O)OC(CO)COC(=O)CCCCCCCCCCCCCCCCCCCCCCCCCCCCCCCCCCCCCCCCCCC. The molecule has 512 valence electrons. The van der Waals surface area contributed by atoms with E-state index >= 15 is 0 Å². The molecule has 86 heavy (non-hydrogen) atoms. The summed E-state index contributed by atoms with van der Waals surface area (Å²) in [7, 11) is 0. The standard InChI is InChI=1S/C81H158O5/c1-3-5-7-9-11-13-15-17-19-21-23-25-27-29-31-33-35-36-37-38-39-40-41-42-43-44-46-47-49-51-53-55-57-59-61-63-65-67-69-71-73-75-80(83)85-78-79(77-82)86-81(84)76-74-72-70-68-66-64-62-60-58-56-54-52-50-48-45-34-32-30-28-26-24-22-20-18-16-14-12-10-8-6-4-2/h22,24,79,82H,3-21,23,25-78H2,1-2H3/b24-22-. The minimum Gasteiger partial charge on any atom is -0.462 e. The Hall–Kier alpha value is -1.36. The molecule has 0 spiro atoms. The molecule has 0 saturated heterocycles. The maximum Gasteiger partial charge on any atom is 0.306 e. The van der Waals surface area contributed by atoms with Crippen molar-refractivity contribution >= 4 is 11.9 Å². The van der Waals surface area contributed by atoms with Gasteiger partial charge in [-0.3, -0.25) is 9.59 Å². The van der Waals surface area contributed by atoms with Crippen molar-refractivity contribution in [3.63, 3.8) is 0 Å². The molecule has 0 aromatic heterocycles. The Bertz CT molecular complexity index is 1280. The molecule has 0 aromatic carbocycles. The molecule has 0 aliphatic rings. The Morgan fingerprint density at radius 2 is 0.430 bits per heavy atom. The molecule has 0 fully saturated rings. The van der Waals surface area contributed by atoms with Crippen molar-refractivity contribution in [2.45, 2.75) is 482 Å². The van der Waals surface area contributed by atoms with E-state index in [-0.39, 0.29) is 25.2 Å². The van der Waals surface area contributed by atoms with Gasteiger partial charge in [-0.1, -0.05) is 437 Å². The summed E-state index contributed by atoms with van der Waals surface area (Å²) in [5.41, 5.74) is 0. The summed E-state index contributed by atoms with van der Waals surface area (Å²) >= 11 is 0. The van der Waals surface area contributed by atoms with E-state index in [1.807, 2.05) is 0 Å². The van der Waals surface area contributed by atoms with E-state index in [0.717, 1.165) is 32.1 Å². The van der Waals surface area contributed by atoms with Gasteiger partial charge in [0, 0.05) is 12.8 Å². The zero-order chi connectivity index (χ0) is 61.9. The smallest absolute Gasteiger partial charge is 0.306 e. The molecule has 0 aromatic rings. The number of allylic oxidation sites excluding steroid dienone is 2. The molecule has 5 heteroatoms. The minimum absolute atomic E-state index is 0.0565. The summed E-state index contributed by atoms with van der Waals surface area (Å²) in [6.45, 7) is 4.23. The normalized spacial score (nSPS) is 12.1. The average Bonchev–Trinajstić information content (AvgIpc) is 3.55. The Morgan fingerprint density at radius 1 is 0.256 bits per heavy atom. The molecule has 0 rings (SSSR count). The van der Waals surface area contributed by atoms with E-state index in [1.165, 1.54) is 417 Å². The number of carbonyl (C=O) groups is 2. The summed E-state index contributed by atoms with van der Waals surface area (Å²) in [5, 5.41) is 9.72. The van der Waals surface area contributed by atoms with Crippen molar-refractivity contribution in [1.82, 2.24) is 0 Å².